The Balaban J connectivity index is 1.82. The van der Waals surface area contributed by atoms with Crippen molar-refractivity contribution >= 4 is 35.1 Å². The van der Waals surface area contributed by atoms with E-state index in [2.05, 4.69) is 5.32 Å². The van der Waals surface area contributed by atoms with E-state index < -0.39 is 12.1 Å². The van der Waals surface area contributed by atoms with Crippen LogP contribution in [0.4, 0.5) is 0 Å². The SMILES string of the molecule is O=C(OC(C(=O)NC1CC1)c1ccccc1)c1cc(Cl)cc(Cl)c1. The molecule has 0 saturated heterocycles. The number of carbonyl (C=O) groups excluding carboxylic acids is 2. The first kappa shape index (κ1) is 16.8. The molecule has 0 spiro atoms. The molecular formula is C18H15Cl2NO3. The maximum absolute atomic E-state index is 12.5. The highest BCUT2D eigenvalue weighted by Gasteiger charge is 2.31. The number of halogens is 2. The lowest BCUT2D eigenvalue weighted by Crippen LogP contribution is -2.33. The minimum absolute atomic E-state index is 0.169. The van der Waals surface area contributed by atoms with Crippen molar-refractivity contribution in [1.82, 2.24) is 5.32 Å². The van der Waals surface area contributed by atoms with Crippen LogP contribution in [0, 0.1) is 0 Å². The summed E-state index contributed by atoms with van der Waals surface area (Å²) in [5.41, 5.74) is 0.810. The Morgan fingerprint density at radius 3 is 2.25 bits per heavy atom. The van der Waals surface area contributed by atoms with Crippen LogP contribution < -0.4 is 5.32 Å². The number of hydrogen-bond acceptors (Lipinski definition) is 3. The number of ether oxygens (including phenoxy) is 1. The van der Waals surface area contributed by atoms with Gasteiger partial charge < -0.3 is 10.1 Å². The van der Waals surface area contributed by atoms with Crippen LogP contribution in [-0.2, 0) is 9.53 Å². The van der Waals surface area contributed by atoms with Crippen LogP contribution in [0.15, 0.2) is 48.5 Å². The Kier molecular flexibility index (Phi) is 5.07. The van der Waals surface area contributed by atoms with Gasteiger partial charge in [0.25, 0.3) is 5.91 Å². The molecule has 1 unspecified atom stereocenters. The van der Waals surface area contributed by atoms with Gasteiger partial charge in [-0.1, -0.05) is 53.5 Å². The molecular weight excluding hydrogens is 349 g/mol. The zero-order valence-corrected chi connectivity index (χ0v) is 14.2. The minimum atomic E-state index is -1.02. The monoisotopic (exact) mass is 363 g/mol. The predicted octanol–water partition coefficient (Wildman–Crippen LogP) is 4.17. The van der Waals surface area contributed by atoms with E-state index in [1.807, 2.05) is 6.07 Å². The summed E-state index contributed by atoms with van der Waals surface area (Å²) in [5.74, 6) is -0.982. The fraction of sp³-hybridized carbons (Fsp3) is 0.222. The maximum atomic E-state index is 12.5. The van der Waals surface area contributed by atoms with Gasteiger partial charge in [0.2, 0.25) is 6.10 Å². The molecule has 1 aliphatic rings. The minimum Gasteiger partial charge on any atom is -0.444 e. The van der Waals surface area contributed by atoms with Gasteiger partial charge in [-0.25, -0.2) is 4.79 Å². The van der Waals surface area contributed by atoms with Gasteiger partial charge in [0.1, 0.15) is 0 Å². The number of hydrogen-bond donors (Lipinski definition) is 1. The van der Waals surface area contributed by atoms with Crippen LogP contribution >= 0.6 is 23.2 Å². The van der Waals surface area contributed by atoms with Gasteiger partial charge in [0.05, 0.1) is 5.56 Å². The zero-order chi connectivity index (χ0) is 17.1. The molecule has 0 radical (unpaired) electrons. The number of esters is 1. The van der Waals surface area contributed by atoms with E-state index in [-0.39, 0.29) is 17.5 Å². The third kappa shape index (κ3) is 4.28. The zero-order valence-electron chi connectivity index (χ0n) is 12.7. The summed E-state index contributed by atoms with van der Waals surface area (Å²) in [6, 6.07) is 13.5. The fourth-order valence-corrected chi connectivity index (χ4v) is 2.78. The third-order valence-corrected chi connectivity index (χ3v) is 4.02. The lowest BCUT2D eigenvalue weighted by Gasteiger charge is -2.18. The standard InChI is InChI=1S/C18H15Cl2NO3/c19-13-8-12(9-14(20)10-13)18(23)24-16(11-4-2-1-3-5-11)17(22)21-15-6-7-15/h1-5,8-10,15-16H,6-7H2,(H,21,22). The van der Waals surface area contributed by atoms with Gasteiger partial charge in [-0.3, -0.25) is 4.79 Å². The molecule has 124 valence electrons. The predicted molar refractivity (Wildman–Crippen MR) is 92.2 cm³/mol. The second-order valence-electron chi connectivity index (χ2n) is 5.64. The molecule has 1 N–H and O–H groups in total. The van der Waals surface area contributed by atoms with Crippen LogP contribution in [0.2, 0.25) is 10.0 Å². The van der Waals surface area contributed by atoms with E-state index in [4.69, 9.17) is 27.9 Å². The van der Waals surface area contributed by atoms with Gasteiger partial charge >= 0.3 is 5.97 Å². The second kappa shape index (κ2) is 7.24. The molecule has 0 aliphatic heterocycles. The van der Waals surface area contributed by atoms with Crippen LogP contribution in [-0.4, -0.2) is 17.9 Å². The van der Waals surface area contributed by atoms with Crippen molar-refractivity contribution in [2.75, 3.05) is 0 Å². The molecule has 2 aromatic rings. The molecule has 24 heavy (non-hydrogen) atoms. The molecule has 1 saturated carbocycles. The third-order valence-electron chi connectivity index (χ3n) is 3.59. The Morgan fingerprint density at radius 1 is 1.04 bits per heavy atom. The summed E-state index contributed by atoms with van der Waals surface area (Å²) < 4.78 is 5.45. The first-order valence-electron chi connectivity index (χ1n) is 7.55. The van der Waals surface area contributed by atoms with Gasteiger partial charge in [-0.15, -0.1) is 0 Å². The molecule has 2 aromatic carbocycles. The van der Waals surface area contributed by atoms with E-state index in [0.717, 1.165) is 12.8 Å². The number of benzene rings is 2. The molecule has 0 aromatic heterocycles. The highest BCUT2D eigenvalue weighted by molar-refractivity contribution is 6.35. The molecule has 1 amide bonds. The molecule has 3 rings (SSSR count). The lowest BCUT2D eigenvalue weighted by molar-refractivity contribution is -0.130. The lowest BCUT2D eigenvalue weighted by atomic mass is 10.1. The van der Waals surface area contributed by atoms with Crippen molar-refractivity contribution in [3.8, 4) is 0 Å². The first-order valence-corrected chi connectivity index (χ1v) is 8.31. The second-order valence-corrected chi connectivity index (χ2v) is 6.51. The van der Waals surface area contributed by atoms with Gasteiger partial charge in [0, 0.05) is 21.7 Å². The van der Waals surface area contributed by atoms with Crippen LogP contribution in [0.25, 0.3) is 0 Å². The van der Waals surface area contributed by atoms with Gasteiger partial charge in [-0.05, 0) is 31.0 Å². The van der Waals surface area contributed by atoms with Crippen LogP contribution in [0.1, 0.15) is 34.9 Å². The fourth-order valence-electron chi connectivity index (χ4n) is 2.25. The summed E-state index contributed by atoms with van der Waals surface area (Å²) in [5, 5.41) is 3.52. The van der Waals surface area contributed by atoms with E-state index in [0.29, 0.717) is 15.6 Å². The number of nitrogens with one attached hydrogen (secondary N) is 1. The smallest absolute Gasteiger partial charge is 0.339 e. The van der Waals surface area contributed by atoms with Crippen molar-refractivity contribution < 1.29 is 14.3 Å². The summed E-state index contributed by atoms with van der Waals surface area (Å²) in [6.45, 7) is 0. The van der Waals surface area contributed by atoms with Crippen molar-refractivity contribution in [2.24, 2.45) is 0 Å². The molecule has 6 heteroatoms. The number of amides is 1. The largest absolute Gasteiger partial charge is 0.444 e. The van der Waals surface area contributed by atoms with E-state index in [1.165, 1.54) is 18.2 Å². The number of rotatable bonds is 5. The molecule has 0 bridgehead atoms. The number of carbonyl (C=O) groups is 2. The summed E-state index contributed by atoms with van der Waals surface area (Å²) in [4.78, 5) is 24.9. The first-order chi connectivity index (χ1) is 11.5. The highest BCUT2D eigenvalue weighted by atomic mass is 35.5. The topological polar surface area (TPSA) is 55.4 Å². The van der Waals surface area contributed by atoms with Crippen LogP contribution in [0.5, 0.6) is 0 Å². The molecule has 1 atom stereocenters. The quantitative estimate of drug-likeness (QED) is 0.811. The molecule has 4 nitrogen and oxygen atoms in total. The van der Waals surface area contributed by atoms with Crippen molar-refractivity contribution in [3.63, 3.8) is 0 Å². The van der Waals surface area contributed by atoms with Gasteiger partial charge in [0.15, 0.2) is 0 Å². The van der Waals surface area contributed by atoms with Crippen molar-refractivity contribution in [3.05, 3.63) is 69.7 Å². The summed E-state index contributed by atoms with van der Waals surface area (Å²) in [6.07, 6.45) is 0.882. The van der Waals surface area contributed by atoms with Crippen molar-refractivity contribution in [1.29, 1.82) is 0 Å². The summed E-state index contributed by atoms with van der Waals surface area (Å²) >= 11 is 11.8. The maximum Gasteiger partial charge on any atom is 0.339 e. The normalized spacial score (nSPS) is 14.8. The molecule has 1 aliphatic carbocycles. The Hall–Kier alpha value is -2.04. The Morgan fingerprint density at radius 2 is 1.67 bits per heavy atom. The Bertz CT molecular complexity index is 740. The summed E-state index contributed by atoms with van der Waals surface area (Å²) in [7, 11) is 0. The molecule has 0 heterocycles. The Labute approximate surface area is 149 Å². The average molecular weight is 364 g/mol. The highest BCUT2D eigenvalue weighted by Crippen LogP contribution is 2.25. The van der Waals surface area contributed by atoms with Crippen LogP contribution in [0.3, 0.4) is 0 Å². The van der Waals surface area contributed by atoms with Gasteiger partial charge in [-0.2, -0.15) is 0 Å². The van der Waals surface area contributed by atoms with E-state index in [9.17, 15) is 9.59 Å². The molecule has 1 fully saturated rings. The van der Waals surface area contributed by atoms with E-state index in [1.54, 1.807) is 24.3 Å². The average Bonchev–Trinajstić information content (AvgIpc) is 3.36. The van der Waals surface area contributed by atoms with E-state index >= 15 is 0 Å². The van der Waals surface area contributed by atoms with Crippen molar-refractivity contribution in [2.45, 2.75) is 25.0 Å².